The predicted molar refractivity (Wildman–Crippen MR) is 87.7 cm³/mol. The largest absolute Gasteiger partial charge is 0.457 e. The molecule has 2 heteroatoms. The maximum Gasteiger partial charge on any atom is 0.128 e. The average Bonchev–Trinajstić information content (AvgIpc) is 2.55. The maximum atomic E-state index is 6.02. The van der Waals surface area contributed by atoms with Gasteiger partial charge < -0.3 is 10.5 Å². The molecule has 0 saturated heterocycles. The van der Waals surface area contributed by atoms with E-state index in [1.807, 2.05) is 42.5 Å². The molecule has 21 heavy (non-hydrogen) atoms. The number of nitrogens with two attached hydrogens (primary N) is 1. The Morgan fingerprint density at radius 2 is 1.52 bits per heavy atom. The van der Waals surface area contributed by atoms with Crippen molar-refractivity contribution < 1.29 is 4.74 Å². The highest BCUT2D eigenvalue weighted by molar-refractivity contribution is 5.83. The van der Waals surface area contributed by atoms with E-state index >= 15 is 0 Å². The number of hydrogen-bond donors (Lipinski definition) is 1. The van der Waals surface area contributed by atoms with E-state index in [0.717, 1.165) is 23.5 Å². The lowest BCUT2D eigenvalue weighted by Gasteiger charge is -2.11. The van der Waals surface area contributed by atoms with Crippen molar-refractivity contribution >= 4 is 10.8 Å². The molecule has 0 bridgehead atoms. The normalized spacial score (nSPS) is 12.3. The monoisotopic (exact) mass is 277 g/mol. The summed E-state index contributed by atoms with van der Waals surface area (Å²) in [6.45, 7) is 2.09. The van der Waals surface area contributed by atoms with E-state index in [1.54, 1.807) is 0 Å². The van der Waals surface area contributed by atoms with Crippen molar-refractivity contribution in [2.45, 2.75) is 19.4 Å². The molecule has 3 aromatic carbocycles. The van der Waals surface area contributed by atoms with Crippen LogP contribution >= 0.6 is 0 Å². The lowest BCUT2D eigenvalue weighted by atomic mass is 10.1. The van der Waals surface area contributed by atoms with Gasteiger partial charge in [-0.1, -0.05) is 49.4 Å². The zero-order valence-corrected chi connectivity index (χ0v) is 12.1. The van der Waals surface area contributed by atoms with Gasteiger partial charge in [0.05, 0.1) is 0 Å². The molecule has 0 fully saturated rings. The van der Waals surface area contributed by atoms with Gasteiger partial charge in [0.1, 0.15) is 11.5 Å². The first-order chi connectivity index (χ1) is 10.3. The predicted octanol–water partition coefficient (Wildman–Crippen LogP) is 5.04. The van der Waals surface area contributed by atoms with Crippen LogP contribution in [0.5, 0.6) is 11.5 Å². The van der Waals surface area contributed by atoms with Gasteiger partial charge in [0, 0.05) is 6.04 Å². The first-order valence-corrected chi connectivity index (χ1v) is 7.28. The molecule has 0 unspecified atom stereocenters. The van der Waals surface area contributed by atoms with E-state index in [4.69, 9.17) is 10.5 Å². The molecule has 0 radical (unpaired) electrons. The quantitative estimate of drug-likeness (QED) is 0.725. The Morgan fingerprint density at radius 3 is 2.24 bits per heavy atom. The first kappa shape index (κ1) is 13.7. The van der Waals surface area contributed by atoms with E-state index in [0.29, 0.717) is 0 Å². The molecule has 0 amide bonds. The summed E-state index contributed by atoms with van der Waals surface area (Å²) in [5.74, 6) is 1.68. The molecule has 0 saturated carbocycles. The number of rotatable bonds is 4. The van der Waals surface area contributed by atoms with Crippen LogP contribution in [0.2, 0.25) is 0 Å². The molecule has 3 rings (SSSR count). The van der Waals surface area contributed by atoms with Crippen molar-refractivity contribution in [3.63, 3.8) is 0 Å². The van der Waals surface area contributed by atoms with E-state index in [1.165, 1.54) is 10.8 Å². The van der Waals surface area contributed by atoms with Gasteiger partial charge in [0.15, 0.2) is 0 Å². The highest BCUT2D eigenvalue weighted by atomic mass is 16.5. The van der Waals surface area contributed by atoms with Gasteiger partial charge in [0.25, 0.3) is 0 Å². The number of hydrogen-bond acceptors (Lipinski definition) is 2. The van der Waals surface area contributed by atoms with Crippen LogP contribution in [0.25, 0.3) is 10.8 Å². The Kier molecular flexibility index (Phi) is 3.89. The minimum absolute atomic E-state index is 0.0970. The molecular formula is C19H19NO. The smallest absolute Gasteiger partial charge is 0.128 e. The van der Waals surface area contributed by atoms with E-state index in [9.17, 15) is 0 Å². The molecule has 0 aliphatic carbocycles. The minimum Gasteiger partial charge on any atom is -0.457 e. The Balaban J connectivity index is 1.81. The molecule has 1 atom stereocenters. The molecule has 0 spiro atoms. The van der Waals surface area contributed by atoms with E-state index < -0.39 is 0 Å². The van der Waals surface area contributed by atoms with Crippen LogP contribution in [0.1, 0.15) is 24.9 Å². The Bertz CT molecular complexity index is 734. The fourth-order valence-corrected chi connectivity index (χ4v) is 2.39. The molecule has 0 aliphatic heterocycles. The van der Waals surface area contributed by atoms with Crippen molar-refractivity contribution in [1.82, 2.24) is 0 Å². The van der Waals surface area contributed by atoms with Gasteiger partial charge in [-0.05, 0) is 47.0 Å². The van der Waals surface area contributed by atoms with Gasteiger partial charge in [0.2, 0.25) is 0 Å². The van der Waals surface area contributed by atoms with Gasteiger partial charge in [-0.2, -0.15) is 0 Å². The SMILES string of the molecule is CC[C@@H](N)c1ccc(Oc2ccc3ccccc3c2)cc1. The fourth-order valence-electron chi connectivity index (χ4n) is 2.39. The minimum atomic E-state index is 0.0970. The number of fused-ring (bicyclic) bond motifs is 1. The standard InChI is InChI=1S/C19H19NO/c1-2-19(20)15-8-10-17(11-9-15)21-18-12-7-14-5-3-4-6-16(14)13-18/h3-13,19H,2,20H2,1H3/t19-/m1/s1. The third kappa shape index (κ3) is 3.06. The number of ether oxygens (including phenoxy) is 1. The molecule has 0 heterocycles. The van der Waals surface area contributed by atoms with Crippen molar-refractivity contribution in [2.75, 3.05) is 0 Å². The summed E-state index contributed by atoms with van der Waals surface area (Å²) in [5.41, 5.74) is 7.16. The van der Waals surface area contributed by atoms with Crippen LogP contribution in [-0.4, -0.2) is 0 Å². The zero-order chi connectivity index (χ0) is 14.7. The van der Waals surface area contributed by atoms with Gasteiger partial charge >= 0.3 is 0 Å². The summed E-state index contributed by atoms with van der Waals surface area (Å²) in [4.78, 5) is 0. The van der Waals surface area contributed by atoms with Crippen molar-refractivity contribution in [1.29, 1.82) is 0 Å². The Hall–Kier alpha value is -2.32. The van der Waals surface area contributed by atoms with Crippen LogP contribution in [0, 0.1) is 0 Å². The van der Waals surface area contributed by atoms with Crippen LogP contribution in [0.4, 0.5) is 0 Å². The van der Waals surface area contributed by atoms with Crippen LogP contribution in [0.3, 0.4) is 0 Å². The summed E-state index contributed by atoms with van der Waals surface area (Å²) >= 11 is 0. The average molecular weight is 277 g/mol. The fraction of sp³-hybridized carbons (Fsp3) is 0.158. The molecule has 2 nitrogen and oxygen atoms in total. The van der Waals surface area contributed by atoms with Crippen molar-refractivity contribution in [2.24, 2.45) is 5.73 Å². The van der Waals surface area contributed by atoms with Gasteiger partial charge in [-0.25, -0.2) is 0 Å². The summed E-state index contributed by atoms with van der Waals surface area (Å²) in [7, 11) is 0. The third-order valence-corrected chi connectivity index (χ3v) is 3.70. The van der Waals surface area contributed by atoms with Gasteiger partial charge in [-0.15, -0.1) is 0 Å². The molecular weight excluding hydrogens is 258 g/mol. The first-order valence-electron chi connectivity index (χ1n) is 7.28. The number of benzene rings is 3. The summed E-state index contributed by atoms with van der Waals surface area (Å²) in [5, 5.41) is 2.40. The lowest BCUT2D eigenvalue weighted by Crippen LogP contribution is -2.07. The molecule has 0 aliphatic rings. The second-order valence-corrected chi connectivity index (χ2v) is 5.19. The Labute approximate surface area is 125 Å². The summed E-state index contributed by atoms with van der Waals surface area (Å²) in [6.07, 6.45) is 0.935. The lowest BCUT2D eigenvalue weighted by molar-refractivity contribution is 0.483. The highest BCUT2D eigenvalue weighted by Crippen LogP contribution is 2.26. The molecule has 0 aromatic heterocycles. The third-order valence-electron chi connectivity index (χ3n) is 3.70. The zero-order valence-electron chi connectivity index (χ0n) is 12.1. The summed E-state index contributed by atoms with van der Waals surface area (Å²) in [6, 6.07) is 22.5. The topological polar surface area (TPSA) is 35.2 Å². The van der Waals surface area contributed by atoms with Gasteiger partial charge in [-0.3, -0.25) is 0 Å². The summed E-state index contributed by atoms with van der Waals surface area (Å²) < 4.78 is 5.91. The van der Waals surface area contributed by atoms with E-state index in [2.05, 4.69) is 31.2 Å². The Morgan fingerprint density at radius 1 is 0.857 bits per heavy atom. The molecule has 106 valence electrons. The van der Waals surface area contributed by atoms with Crippen molar-refractivity contribution in [3.8, 4) is 11.5 Å². The molecule has 2 N–H and O–H groups in total. The maximum absolute atomic E-state index is 6.02. The second-order valence-electron chi connectivity index (χ2n) is 5.19. The van der Waals surface area contributed by atoms with Crippen LogP contribution in [0.15, 0.2) is 66.7 Å². The molecule has 3 aromatic rings. The highest BCUT2D eigenvalue weighted by Gasteiger charge is 2.04. The second kappa shape index (κ2) is 5.98. The van der Waals surface area contributed by atoms with Crippen LogP contribution < -0.4 is 10.5 Å². The van der Waals surface area contributed by atoms with Crippen molar-refractivity contribution in [3.05, 3.63) is 72.3 Å². The van der Waals surface area contributed by atoms with E-state index in [-0.39, 0.29) is 6.04 Å². The van der Waals surface area contributed by atoms with Crippen LogP contribution in [-0.2, 0) is 0 Å².